The van der Waals surface area contributed by atoms with Crippen LogP contribution in [-0.2, 0) is 10.0 Å². The van der Waals surface area contributed by atoms with Gasteiger partial charge in [-0.1, -0.05) is 17.7 Å². The Kier molecular flexibility index (Phi) is 4.32. The van der Waals surface area contributed by atoms with E-state index in [0.717, 1.165) is 24.1 Å². The van der Waals surface area contributed by atoms with Crippen molar-refractivity contribution in [1.82, 2.24) is 14.3 Å². The van der Waals surface area contributed by atoms with Crippen LogP contribution >= 0.6 is 0 Å². The molecular weight excluding hydrogens is 314 g/mol. The molecule has 1 N–H and O–H groups in total. The van der Waals surface area contributed by atoms with Crippen molar-refractivity contribution < 1.29 is 8.42 Å². The van der Waals surface area contributed by atoms with Crippen LogP contribution in [0.2, 0.25) is 0 Å². The fourth-order valence-corrected chi connectivity index (χ4v) is 4.42. The van der Waals surface area contributed by atoms with Crippen LogP contribution in [0.1, 0.15) is 30.0 Å². The van der Waals surface area contributed by atoms with E-state index in [4.69, 9.17) is 0 Å². The summed E-state index contributed by atoms with van der Waals surface area (Å²) in [5.41, 5.74) is 1.37. The highest BCUT2D eigenvalue weighted by atomic mass is 32.2. The van der Waals surface area contributed by atoms with Crippen molar-refractivity contribution in [3.63, 3.8) is 0 Å². The van der Waals surface area contributed by atoms with Crippen molar-refractivity contribution in [3.05, 3.63) is 58.3 Å². The monoisotopic (exact) mass is 333 g/mol. The van der Waals surface area contributed by atoms with Gasteiger partial charge in [0, 0.05) is 30.9 Å². The van der Waals surface area contributed by atoms with Crippen LogP contribution in [0.15, 0.2) is 46.2 Å². The first-order valence-electron chi connectivity index (χ1n) is 7.59. The summed E-state index contributed by atoms with van der Waals surface area (Å²) in [5, 5.41) is 0. The predicted molar refractivity (Wildman–Crippen MR) is 86.8 cm³/mol. The Balaban J connectivity index is 1.85. The quantitative estimate of drug-likeness (QED) is 0.926. The Labute approximate surface area is 135 Å². The molecule has 0 bridgehead atoms. The molecule has 1 aromatic heterocycles. The van der Waals surface area contributed by atoms with E-state index in [-0.39, 0.29) is 5.92 Å². The summed E-state index contributed by atoms with van der Waals surface area (Å²) < 4.78 is 27.1. The Morgan fingerprint density at radius 1 is 1.22 bits per heavy atom. The molecule has 7 heteroatoms. The van der Waals surface area contributed by atoms with E-state index >= 15 is 0 Å². The second-order valence-electron chi connectivity index (χ2n) is 5.85. The molecule has 0 spiro atoms. The number of aryl methyl sites for hydroxylation is 1. The van der Waals surface area contributed by atoms with Gasteiger partial charge in [0.2, 0.25) is 10.0 Å². The molecule has 0 aliphatic carbocycles. The lowest BCUT2D eigenvalue weighted by Crippen LogP contribution is -2.39. The van der Waals surface area contributed by atoms with Crippen molar-refractivity contribution in [3.8, 4) is 0 Å². The van der Waals surface area contributed by atoms with E-state index in [2.05, 4.69) is 9.97 Å². The molecule has 1 aliphatic heterocycles. The van der Waals surface area contributed by atoms with E-state index in [9.17, 15) is 13.2 Å². The molecule has 1 fully saturated rings. The van der Waals surface area contributed by atoms with Gasteiger partial charge in [0.25, 0.3) is 0 Å². The summed E-state index contributed by atoms with van der Waals surface area (Å²) in [7, 11) is -3.50. The Morgan fingerprint density at radius 3 is 2.65 bits per heavy atom. The number of nitrogens with one attached hydrogen (secondary N) is 1. The molecular formula is C16H19N3O3S. The molecule has 3 rings (SSSR count). The molecule has 2 aromatic rings. The van der Waals surface area contributed by atoms with Crippen molar-refractivity contribution >= 4 is 10.0 Å². The van der Waals surface area contributed by atoms with E-state index in [1.807, 2.05) is 6.92 Å². The minimum atomic E-state index is -3.50. The Bertz CT molecular complexity index is 843. The van der Waals surface area contributed by atoms with Gasteiger partial charge in [0.15, 0.2) is 0 Å². The van der Waals surface area contributed by atoms with E-state index < -0.39 is 15.7 Å². The van der Waals surface area contributed by atoms with Gasteiger partial charge in [-0.05, 0) is 38.0 Å². The first kappa shape index (κ1) is 15.9. The third-order valence-corrected chi connectivity index (χ3v) is 6.06. The number of hydrogen-bond donors (Lipinski definition) is 1. The zero-order valence-corrected chi connectivity index (χ0v) is 13.7. The van der Waals surface area contributed by atoms with Crippen LogP contribution < -0.4 is 5.69 Å². The van der Waals surface area contributed by atoms with Crippen LogP contribution in [0.25, 0.3) is 0 Å². The standard InChI is InChI=1S/C16H19N3O3S/c1-12-4-6-14(7-5-12)23(21,22)19-10-2-3-13(11-19)15-8-9-17-16(20)18-15/h4-9,13H,2-3,10-11H2,1H3,(H,17,18,20)/t13-/m1/s1. The maximum atomic E-state index is 12.8. The predicted octanol–water partition coefficient (Wildman–Crippen LogP) is 1.65. The van der Waals surface area contributed by atoms with E-state index in [1.54, 1.807) is 30.3 Å². The Hall–Kier alpha value is -1.99. The number of aromatic amines is 1. The molecule has 0 saturated carbocycles. The third kappa shape index (κ3) is 3.35. The average molecular weight is 333 g/mol. The van der Waals surface area contributed by atoms with Gasteiger partial charge < -0.3 is 4.98 Å². The number of benzene rings is 1. The Morgan fingerprint density at radius 2 is 1.96 bits per heavy atom. The summed E-state index contributed by atoms with van der Waals surface area (Å²) in [4.78, 5) is 18.0. The molecule has 0 amide bonds. The number of nitrogens with zero attached hydrogens (tertiary/aromatic N) is 2. The maximum absolute atomic E-state index is 12.8. The highest BCUT2D eigenvalue weighted by Crippen LogP contribution is 2.28. The highest BCUT2D eigenvalue weighted by molar-refractivity contribution is 7.89. The summed E-state index contributed by atoms with van der Waals surface area (Å²) in [6.07, 6.45) is 3.07. The number of hydrogen-bond acceptors (Lipinski definition) is 4. The zero-order chi connectivity index (χ0) is 16.4. The van der Waals surface area contributed by atoms with E-state index in [1.165, 1.54) is 10.5 Å². The maximum Gasteiger partial charge on any atom is 0.345 e. The first-order valence-corrected chi connectivity index (χ1v) is 9.03. The highest BCUT2D eigenvalue weighted by Gasteiger charge is 2.31. The number of piperidine rings is 1. The first-order chi connectivity index (χ1) is 11.0. The number of sulfonamides is 1. The van der Waals surface area contributed by atoms with Crippen LogP contribution in [0.5, 0.6) is 0 Å². The van der Waals surface area contributed by atoms with Gasteiger partial charge >= 0.3 is 5.69 Å². The SMILES string of the molecule is Cc1ccc(S(=O)(=O)N2CCC[C@@H](c3ccnc(=O)[nH]3)C2)cc1. The fraction of sp³-hybridized carbons (Fsp3) is 0.375. The van der Waals surface area contributed by atoms with Crippen LogP contribution in [0, 0.1) is 6.92 Å². The molecule has 2 heterocycles. The number of H-pyrrole nitrogens is 1. The lowest BCUT2D eigenvalue weighted by Gasteiger charge is -2.31. The molecule has 122 valence electrons. The van der Waals surface area contributed by atoms with Crippen LogP contribution in [-0.4, -0.2) is 35.8 Å². The zero-order valence-electron chi connectivity index (χ0n) is 12.9. The number of aromatic nitrogens is 2. The van der Waals surface area contributed by atoms with Crippen LogP contribution in [0.3, 0.4) is 0 Å². The molecule has 1 aromatic carbocycles. The average Bonchev–Trinajstić information content (AvgIpc) is 2.55. The fourth-order valence-electron chi connectivity index (χ4n) is 2.89. The van der Waals surface area contributed by atoms with Gasteiger partial charge in [0.1, 0.15) is 0 Å². The molecule has 6 nitrogen and oxygen atoms in total. The number of rotatable bonds is 3. The molecule has 23 heavy (non-hydrogen) atoms. The second kappa shape index (κ2) is 6.25. The van der Waals surface area contributed by atoms with Gasteiger partial charge in [-0.15, -0.1) is 0 Å². The molecule has 0 unspecified atom stereocenters. The van der Waals surface area contributed by atoms with Gasteiger partial charge in [-0.2, -0.15) is 4.31 Å². The van der Waals surface area contributed by atoms with Gasteiger partial charge in [-0.25, -0.2) is 18.2 Å². The molecule has 1 saturated heterocycles. The van der Waals surface area contributed by atoms with Crippen LogP contribution in [0.4, 0.5) is 0 Å². The normalized spacial score (nSPS) is 19.6. The van der Waals surface area contributed by atoms with Gasteiger partial charge in [-0.3, -0.25) is 0 Å². The second-order valence-corrected chi connectivity index (χ2v) is 7.78. The van der Waals surface area contributed by atoms with E-state index in [0.29, 0.717) is 18.0 Å². The molecule has 1 aliphatic rings. The molecule has 1 atom stereocenters. The third-order valence-electron chi connectivity index (χ3n) is 4.18. The minimum Gasteiger partial charge on any atom is -0.309 e. The topological polar surface area (TPSA) is 83.1 Å². The smallest absolute Gasteiger partial charge is 0.309 e. The van der Waals surface area contributed by atoms with Crippen molar-refractivity contribution in [2.24, 2.45) is 0 Å². The summed E-state index contributed by atoms with van der Waals surface area (Å²) in [6.45, 7) is 2.80. The summed E-state index contributed by atoms with van der Waals surface area (Å²) >= 11 is 0. The summed E-state index contributed by atoms with van der Waals surface area (Å²) in [6, 6.07) is 8.63. The minimum absolute atomic E-state index is 0.0142. The van der Waals surface area contributed by atoms with Crippen molar-refractivity contribution in [1.29, 1.82) is 0 Å². The molecule has 0 radical (unpaired) electrons. The van der Waals surface area contributed by atoms with Crippen molar-refractivity contribution in [2.75, 3.05) is 13.1 Å². The lowest BCUT2D eigenvalue weighted by molar-refractivity contribution is 0.312. The van der Waals surface area contributed by atoms with Crippen molar-refractivity contribution in [2.45, 2.75) is 30.6 Å². The lowest BCUT2D eigenvalue weighted by atomic mass is 9.96. The van der Waals surface area contributed by atoms with Gasteiger partial charge in [0.05, 0.1) is 4.90 Å². The summed E-state index contributed by atoms with van der Waals surface area (Å²) in [5.74, 6) is -0.0142. The largest absolute Gasteiger partial charge is 0.345 e.